The highest BCUT2D eigenvalue weighted by Crippen LogP contribution is 2.27. The summed E-state index contributed by atoms with van der Waals surface area (Å²) in [4.78, 5) is 14.9. The van der Waals surface area contributed by atoms with E-state index in [1.807, 2.05) is 0 Å². The fourth-order valence-electron chi connectivity index (χ4n) is 4.53. The Kier molecular flexibility index (Phi) is 9.56. The third-order valence-electron chi connectivity index (χ3n) is 5.77. The second-order valence-corrected chi connectivity index (χ2v) is 8.50. The Labute approximate surface area is 176 Å². The normalized spacial score (nSPS) is 24.6. The first-order valence-corrected chi connectivity index (χ1v) is 9.82. The summed E-state index contributed by atoms with van der Waals surface area (Å²) in [5.41, 5.74) is 8.05. The number of hydrogen-bond acceptors (Lipinski definition) is 3. The summed E-state index contributed by atoms with van der Waals surface area (Å²) in [5, 5.41) is 3.02. The number of rotatable bonds is 5. The minimum absolute atomic E-state index is 0. The van der Waals surface area contributed by atoms with Gasteiger partial charge in [-0.15, -0.1) is 24.8 Å². The Morgan fingerprint density at radius 2 is 1.59 bits per heavy atom. The van der Waals surface area contributed by atoms with E-state index in [9.17, 15) is 4.79 Å². The molecular formula is C21H35Cl2N3O. The minimum atomic E-state index is -0.637. The van der Waals surface area contributed by atoms with Gasteiger partial charge in [-0.2, -0.15) is 0 Å². The molecule has 1 saturated carbocycles. The van der Waals surface area contributed by atoms with Crippen LogP contribution in [-0.4, -0.2) is 29.4 Å². The van der Waals surface area contributed by atoms with Crippen molar-refractivity contribution in [2.24, 2.45) is 17.6 Å². The van der Waals surface area contributed by atoms with Gasteiger partial charge in [-0.25, -0.2) is 0 Å². The third-order valence-corrected chi connectivity index (χ3v) is 5.77. The lowest BCUT2D eigenvalue weighted by molar-refractivity contribution is -0.126. The molecule has 0 bridgehead atoms. The monoisotopic (exact) mass is 415 g/mol. The maximum Gasteiger partial charge on any atom is 0.240 e. The van der Waals surface area contributed by atoms with Crippen LogP contribution < -0.4 is 11.1 Å². The van der Waals surface area contributed by atoms with Gasteiger partial charge in [0.25, 0.3) is 0 Å². The van der Waals surface area contributed by atoms with Crippen molar-refractivity contribution >= 4 is 30.7 Å². The zero-order chi connectivity index (χ0) is 17.9. The molecule has 1 aromatic carbocycles. The summed E-state index contributed by atoms with van der Waals surface area (Å²) in [7, 11) is 0. The highest BCUT2D eigenvalue weighted by molar-refractivity contribution is 5.86. The Hall–Kier alpha value is -0.810. The van der Waals surface area contributed by atoms with Crippen molar-refractivity contribution in [3.63, 3.8) is 0 Å². The molecule has 1 amide bonds. The molecule has 2 fully saturated rings. The number of piperidine rings is 1. The molecule has 0 radical (unpaired) electrons. The van der Waals surface area contributed by atoms with Crippen LogP contribution in [0.2, 0.25) is 0 Å². The predicted molar refractivity (Wildman–Crippen MR) is 116 cm³/mol. The van der Waals surface area contributed by atoms with E-state index in [1.54, 1.807) is 0 Å². The van der Waals surface area contributed by atoms with Gasteiger partial charge in [-0.05, 0) is 42.2 Å². The zero-order valence-electron chi connectivity index (χ0n) is 16.6. The van der Waals surface area contributed by atoms with E-state index in [0.29, 0.717) is 6.54 Å². The first-order chi connectivity index (χ1) is 11.9. The highest BCUT2D eigenvalue weighted by Gasteiger charge is 2.36. The summed E-state index contributed by atoms with van der Waals surface area (Å²) in [6.45, 7) is 8.68. The van der Waals surface area contributed by atoms with E-state index in [2.05, 4.69) is 48.3 Å². The van der Waals surface area contributed by atoms with Crippen LogP contribution in [0, 0.1) is 11.8 Å². The van der Waals surface area contributed by atoms with Gasteiger partial charge >= 0.3 is 0 Å². The molecule has 0 aromatic heterocycles. The van der Waals surface area contributed by atoms with Crippen molar-refractivity contribution < 1.29 is 4.79 Å². The maximum absolute atomic E-state index is 12.3. The number of nitrogens with two attached hydrogens (primary N) is 1. The van der Waals surface area contributed by atoms with Crippen LogP contribution in [0.1, 0.15) is 57.1 Å². The van der Waals surface area contributed by atoms with Gasteiger partial charge < -0.3 is 11.1 Å². The van der Waals surface area contributed by atoms with Gasteiger partial charge in [-0.1, -0.05) is 51.0 Å². The first-order valence-electron chi connectivity index (χ1n) is 9.82. The third kappa shape index (κ3) is 6.63. The minimum Gasteiger partial charge on any atom is -0.350 e. The van der Waals surface area contributed by atoms with Crippen LogP contribution in [0.25, 0.3) is 0 Å². The number of nitrogens with zero attached hydrogens (tertiary/aromatic N) is 1. The Balaban J connectivity index is 0.00000182. The van der Waals surface area contributed by atoms with E-state index >= 15 is 0 Å². The van der Waals surface area contributed by atoms with Crippen molar-refractivity contribution in [1.82, 2.24) is 10.2 Å². The summed E-state index contributed by atoms with van der Waals surface area (Å²) in [6, 6.07) is 8.65. The molecule has 6 heteroatoms. The maximum atomic E-state index is 12.3. The van der Waals surface area contributed by atoms with E-state index in [4.69, 9.17) is 5.73 Å². The van der Waals surface area contributed by atoms with Gasteiger partial charge in [0, 0.05) is 26.2 Å². The molecule has 4 nitrogen and oxygen atoms in total. The molecular weight excluding hydrogens is 381 g/mol. The summed E-state index contributed by atoms with van der Waals surface area (Å²) in [5.74, 6) is 1.58. The van der Waals surface area contributed by atoms with Crippen molar-refractivity contribution in [2.75, 3.05) is 13.1 Å². The molecule has 2 atom stereocenters. The topological polar surface area (TPSA) is 58.4 Å². The number of halogens is 2. The van der Waals surface area contributed by atoms with Crippen LogP contribution in [0.4, 0.5) is 0 Å². The predicted octanol–water partition coefficient (Wildman–Crippen LogP) is 3.90. The van der Waals surface area contributed by atoms with Crippen molar-refractivity contribution in [1.29, 1.82) is 0 Å². The SMILES string of the molecule is CC1CC(C)CN(Cc2ccc(CNC(=O)C3(N)CCCC3)cc2)C1.Cl.Cl. The molecule has 1 heterocycles. The number of hydrogen-bond donors (Lipinski definition) is 2. The van der Waals surface area contributed by atoms with Crippen LogP contribution in [-0.2, 0) is 17.9 Å². The summed E-state index contributed by atoms with van der Waals surface area (Å²) >= 11 is 0. The average molecular weight is 416 g/mol. The lowest BCUT2D eigenvalue weighted by Gasteiger charge is -2.35. The van der Waals surface area contributed by atoms with E-state index < -0.39 is 5.54 Å². The molecule has 3 N–H and O–H groups in total. The standard InChI is InChI=1S/C21H33N3O.2ClH/c1-16-11-17(2)14-24(13-16)15-19-7-5-18(6-8-19)12-23-20(25)21(22)9-3-4-10-21;;/h5-8,16-17H,3-4,9-15,22H2,1-2H3,(H,23,25);2*1H. The van der Waals surface area contributed by atoms with E-state index in [-0.39, 0.29) is 30.7 Å². The molecule has 2 aliphatic rings. The van der Waals surface area contributed by atoms with Crippen LogP contribution in [0.15, 0.2) is 24.3 Å². The quantitative estimate of drug-likeness (QED) is 0.766. The van der Waals surface area contributed by atoms with Crippen LogP contribution >= 0.6 is 24.8 Å². The Bertz CT molecular complexity index is 578. The van der Waals surface area contributed by atoms with Gasteiger partial charge in [0.05, 0.1) is 5.54 Å². The molecule has 1 aliphatic carbocycles. The summed E-state index contributed by atoms with van der Waals surface area (Å²) in [6.07, 6.45) is 5.09. The fraction of sp³-hybridized carbons (Fsp3) is 0.667. The highest BCUT2D eigenvalue weighted by atomic mass is 35.5. The van der Waals surface area contributed by atoms with Crippen molar-refractivity contribution in [3.05, 3.63) is 35.4 Å². The molecule has 1 aliphatic heterocycles. The molecule has 2 unspecified atom stereocenters. The van der Waals surface area contributed by atoms with Crippen LogP contribution in [0.5, 0.6) is 0 Å². The van der Waals surface area contributed by atoms with Gasteiger partial charge in [-0.3, -0.25) is 9.69 Å². The zero-order valence-corrected chi connectivity index (χ0v) is 18.2. The smallest absolute Gasteiger partial charge is 0.240 e. The van der Waals surface area contributed by atoms with Gasteiger partial charge in [0.1, 0.15) is 0 Å². The first kappa shape index (κ1) is 24.2. The molecule has 27 heavy (non-hydrogen) atoms. The molecule has 3 rings (SSSR count). The molecule has 0 spiro atoms. The lowest BCUT2D eigenvalue weighted by atomic mass is 9.91. The number of likely N-dealkylation sites (tertiary alicyclic amines) is 1. The molecule has 154 valence electrons. The number of nitrogens with one attached hydrogen (secondary N) is 1. The fourth-order valence-corrected chi connectivity index (χ4v) is 4.53. The second-order valence-electron chi connectivity index (χ2n) is 8.50. The van der Waals surface area contributed by atoms with E-state index in [0.717, 1.165) is 49.6 Å². The largest absolute Gasteiger partial charge is 0.350 e. The molecule has 1 aromatic rings. The number of carbonyl (C=O) groups is 1. The average Bonchev–Trinajstić information content (AvgIpc) is 3.01. The Morgan fingerprint density at radius 1 is 1.07 bits per heavy atom. The second kappa shape index (κ2) is 10.7. The van der Waals surface area contributed by atoms with Gasteiger partial charge in [0.2, 0.25) is 5.91 Å². The molecule has 1 saturated heterocycles. The van der Waals surface area contributed by atoms with Gasteiger partial charge in [0.15, 0.2) is 0 Å². The van der Waals surface area contributed by atoms with Crippen LogP contribution in [0.3, 0.4) is 0 Å². The number of amides is 1. The lowest BCUT2D eigenvalue weighted by Crippen LogP contribution is -2.51. The van der Waals surface area contributed by atoms with E-state index in [1.165, 1.54) is 25.1 Å². The number of carbonyl (C=O) groups excluding carboxylic acids is 1. The van der Waals surface area contributed by atoms with Crippen molar-refractivity contribution in [3.8, 4) is 0 Å². The number of benzene rings is 1. The summed E-state index contributed by atoms with van der Waals surface area (Å²) < 4.78 is 0. The Morgan fingerprint density at radius 3 is 2.15 bits per heavy atom. The van der Waals surface area contributed by atoms with Crippen molar-refractivity contribution in [2.45, 2.75) is 64.6 Å².